The quantitative estimate of drug-likeness (QED) is 0.223. The van der Waals surface area contributed by atoms with Crippen LogP contribution in [-0.2, 0) is 0 Å². The van der Waals surface area contributed by atoms with Crippen LogP contribution in [0.1, 0.15) is 0 Å². The fourth-order valence-electron chi connectivity index (χ4n) is 6.31. The SMILES string of the molecule is c1ccc(N(c2ccc3c(c2)oc2c4ccccc4oc32)c2ccc3c4ccccc4n(-c4ccccc4)c3c2)cc1. The highest BCUT2D eigenvalue weighted by Crippen LogP contribution is 2.42. The van der Waals surface area contributed by atoms with Crippen molar-refractivity contribution in [2.24, 2.45) is 0 Å². The van der Waals surface area contributed by atoms with E-state index in [0.717, 1.165) is 61.4 Å². The molecule has 0 fully saturated rings. The number of hydrogen-bond donors (Lipinski definition) is 0. The van der Waals surface area contributed by atoms with Crippen molar-refractivity contribution >= 4 is 72.0 Å². The van der Waals surface area contributed by atoms with E-state index in [9.17, 15) is 0 Å². The molecule has 0 N–H and O–H groups in total. The summed E-state index contributed by atoms with van der Waals surface area (Å²) in [5.41, 5.74) is 9.84. The summed E-state index contributed by atoms with van der Waals surface area (Å²) in [4.78, 5) is 2.29. The fraction of sp³-hybridized carbons (Fsp3) is 0. The molecule has 0 amide bonds. The number of hydrogen-bond acceptors (Lipinski definition) is 3. The second-order valence-corrected chi connectivity index (χ2v) is 10.6. The Balaban J connectivity index is 1.28. The Bertz CT molecular complexity index is 2410. The van der Waals surface area contributed by atoms with Gasteiger partial charge in [-0.15, -0.1) is 0 Å². The third-order valence-corrected chi connectivity index (χ3v) is 8.17. The Morgan fingerprint density at radius 3 is 1.79 bits per heavy atom. The van der Waals surface area contributed by atoms with Gasteiger partial charge in [-0.1, -0.05) is 72.8 Å². The van der Waals surface area contributed by atoms with Crippen LogP contribution in [0.25, 0.3) is 60.6 Å². The van der Waals surface area contributed by atoms with Crippen LogP contribution in [0.4, 0.5) is 17.1 Å². The maximum atomic E-state index is 6.43. The molecule has 0 spiro atoms. The van der Waals surface area contributed by atoms with Crippen molar-refractivity contribution in [1.82, 2.24) is 4.57 Å². The molecule has 0 radical (unpaired) electrons. The average molecular weight is 541 g/mol. The van der Waals surface area contributed by atoms with Crippen molar-refractivity contribution in [3.8, 4) is 5.69 Å². The molecule has 0 unspecified atom stereocenters. The predicted molar refractivity (Wildman–Crippen MR) is 173 cm³/mol. The number of furan rings is 2. The predicted octanol–water partition coefficient (Wildman–Crippen LogP) is 10.9. The van der Waals surface area contributed by atoms with Gasteiger partial charge < -0.3 is 18.3 Å². The molecule has 3 aromatic heterocycles. The first-order chi connectivity index (χ1) is 20.8. The molecule has 4 heteroatoms. The summed E-state index contributed by atoms with van der Waals surface area (Å²) < 4.78 is 15.0. The molecule has 0 bridgehead atoms. The maximum absolute atomic E-state index is 6.43. The third kappa shape index (κ3) is 3.36. The molecule has 42 heavy (non-hydrogen) atoms. The van der Waals surface area contributed by atoms with Gasteiger partial charge in [0, 0.05) is 39.6 Å². The molecule has 0 aliphatic carbocycles. The summed E-state index contributed by atoms with van der Waals surface area (Å²) in [5, 5.41) is 4.42. The first kappa shape index (κ1) is 23.0. The Kier molecular flexibility index (Phi) is 4.87. The van der Waals surface area contributed by atoms with Gasteiger partial charge in [0.25, 0.3) is 0 Å². The topological polar surface area (TPSA) is 34.5 Å². The van der Waals surface area contributed by atoms with Gasteiger partial charge in [-0.3, -0.25) is 0 Å². The number of fused-ring (bicyclic) bond motifs is 8. The molecular formula is C38H24N2O2. The van der Waals surface area contributed by atoms with Crippen LogP contribution in [0.2, 0.25) is 0 Å². The largest absolute Gasteiger partial charge is 0.452 e. The minimum atomic E-state index is 0.790. The standard InChI is InChI=1S/C38H24N2O2/c1-3-11-25(12-4-1)39(28-20-22-32-36(24-28)42-37-31-16-8-10-18-35(31)41-38(32)37)27-19-21-30-29-15-7-9-17-33(29)40(34(30)23-27)26-13-5-2-6-14-26/h1-24H. The molecule has 3 heterocycles. The lowest BCUT2D eigenvalue weighted by Crippen LogP contribution is -2.09. The van der Waals surface area contributed by atoms with E-state index >= 15 is 0 Å². The first-order valence-corrected chi connectivity index (χ1v) is 14.1. The Morgan fingerprint density at radius 1 is 0.405 bits per heavy atom. The summed E-state index contributed by atoms with van der Waals surface area (Å²) >= 11 is 0. The van der Waals surface area contributed by atoms with Crippen LogP contribution in [0.15, 0.2) is 154 Å². The van der Waals surface area contributed by atoms with Gasteiger partial charge in [-0.05, 0) is 66.7 Å². The molecule has 0 atom stereocenters. The van der Waals surface area contributed by atoms with Gasteiger partial charge in [0.05, 0.1) is 21.8 Å². The smallest absolute Gasteiger partial charge is 0.181 e. The van der Waals surface area contributed by atoms with Crippen molar-refractivity contribution < 1.29 is 8.83 Å². The third-order valence-electron chi connectivity index (χ3n) is 8.17. The zero-order chi connectivity index (χ0) is 27.6. The van der Waals surface area contributed by atoms with Gasteiger partial charge >= 0.3 is 0 Å². The van der Waals surface area contributed by atoms with E-state index in [-0.39, 0.29) is 0 Å². The van der Waals surface area contributed by atoms with Crippen LogP contribution in [0, 0.1) is 0 Å². The molecule has 198 valence electrons. The molecule has 0 saturated carbocycles. The van der Waals surface area contributed by atoms with Crippen molar-refractivity contribution in [3.05, 3.63) is 146 Å². The molecule has 6 aromatic carbocycles. The lowest BCUT2D eigenvalue weighted by Gasteiger charge is -2.25. The lowest BCUT2D eigenvalue weighted by molar-refractivity contribution is 0.653. The number of aromatic nitrogens is 1. The second kappa shape index (κ2) is 8.88. The van der Waals surface area contributed by atoms with Gasteiger partial charge in [0.1, 0.15) is 11.2 Å². The van der Waals surface area contributed by atoms with Crippen molar-refractivity contribution in [2.75, 3.05) is 4.90 Å². The minimum absolute atomic E-state index is 0.790. The summed E-state index contributed by atoms with van der Waals surface area (Å²) in [6, 6.07) is 50.8. The van der Waals surface area contributed by atoms with E-state index in [4.69, 9.17) is 8.83 Å². The van der Waals surface area contributed by atoms with Crippen LogP contribution < -0.4 is 4.90 Å². The highest BCUT2D eigenvalue weighted by Gasteiger charge is 2.20. The first-order valence-electron chi connectivity index (χ1n) is 14.1. The number of rotatable bonds is 4. The van der Waals surface area contributed by atoms with E-state index in [1.54, 1.807) is 0 Å². The summed E-state index contributed by atoms with van der Waals surface area (Å²) in [5.74, 6) is 0. The van der Waals surface area contributed by atoms with E-state index < -0.39 is 0 Å². The minimum Gasteiger partial charge on any atom is -0.452 e. The number of anilines is 3. The van der Waals surface area contributed by atoms with Crippen molar-refractivity contribution in [1.29, 1.82) is 0 Å². The van der Waals surface area contributed by atoms with E-state index in [1.807, 2.05) is 30.3 Å². The normalized spacial score (nSPS) is 11.8. The van der Waals surface area contributed by atoms with Crippen LogP contribution in [0.3, 0.4) is 0 Å². The van der Waals surface area contributed by atoms with Crippen LogP contribution >= 0.6 is 0 Å². The number of benzene rings is 6. The molecule has 0 aliphatic rings. The van der Waals surface area contributed by atoms with Crippen LogP contribution in [-0.4, -0.2) is 4.57 Å². The van der Waals surface area contributed by atoms with Crippen molar-refractivity contribution in [3.63, 3.8) is 0 Å². The Labute approximate surface area is 241 Å². The van der Waals surface area contributed by atoms with E-state index in [0.29, 0.717) is 0 Å². The highest BCUT2D eigenvalue weighted by atomic mass is 16.4. The Hall–Kier alpha value is -5.74. The van der Waals surface area contributed by atoms with Crippen LogP contribution in [0.5, 0.6) is 0 Å². The van der Waals surface area contributed by atoms with Gasteiger partial charge in [-0.25, -0.2) is 0 Å². The highest BCUT2D eigenvalue weighted by molar-refractivity contribution is 6.13. The Morgan fingerprint density at radius 2 is 0.976 bits per heavy atom. The number of para-hydroxylation sites is 4. The second-order valence-electron chi connectivity index (χ2n) is 10.6. The lowest BCUT2D eigenvalue weighted by atomic mass is 10.1. The molecule has 9 rings (SSSR count). The summed E-state index contributed by atoms with van der Waals surface area (Å²) in [6.07, 6.45) is 0. The molecule has 0 aliphatic heterocycles. The van der Waals surface area contributed by atoms with Gasteiger partial charge in [0.15, 0.2) is 11.2 Å². The van der Waals surface area contributed by atoms with E-state index in [2.05, 4.69) is 125 Å². The summed E-state index contributed by atoms with van der Waals surface area (Å²) in [7, 11) is 0. The average Bonchev–Trinajstić information content (AvgIpc) is 3.70. The molecule has 0 saturated heterocycles. The van der Waals surface area contributed by atoms with E-state index in [1.165, 1.54) is 16.3 Å². The molecule has 9 aromatic rings. The zero-order valence-corrected chi connectivity index (χ0v) is 22.6. The van der Waals surface area contributed by atoms with Crippen molar-refractivity contribution in [2.45, 2.75) is 0 Å². The maximum Gasteiger partial charge on any atom is 0.181 e. The molecular weight excluding hydrogens is 516 g/mol. The monoisotopic (exact) mass is 540 g/mol. The van der Waals surface area contributed by atoms with Gasteiger partial charge in [-0.2, -0.15) is 0 Å². The number of nitrogens with zero attached hydrogens (tertiary/aromatic N) is 2. The van der Waals surface area contributed by atoms with Gasteiger partial charge in [0.2, 0.25) is 0 Å². The fourth-order valence-corrected chi connectivity index (χ4v) is 6.31. The zero-order valence-electron chi connectivity index (χ0n) is 22.6. The summed E-state index contributed by atoms with van der Waals surface area (Å²) in [6.45, 7) is 0. The molecule has 4 nitrogen and oxygen atoms in total.